The molecule has 168 valence electrons. The molecule has 1 amide bonds. The van der Waals surface area contributed by atoms with E-state index in [1.165, 1.54) is 11.1 Å². The largest absolute Gasteiger partial charge is 0.383 e. The summed E-state index contributed by atoms with van der Waals surface area (Å²) >= 11 is 0. The number of amides is 1. The molecule has 1 saturated heterocycles. The van der Waals surface area contributed by atoms with Crippen LogP contribution in [0.25, 0.3) is 27.9 Å². The fourth-order valence-corrected chi connectivity index (χ4v) is 5.54. The number of likely N-dealkylation sites (tertiary alicyclic amines) is 1. The maximum absolute atomic E-state index is 13.3. The molecule has 6 nitrogen and oxygen atoms in total. The molecule has 1 aliphatic heterocycles. The summed E-state index contributed by atoms with van der Waals surface area (Å²) < 4.78 is 2.33. The predicted octanol–water partition coefficient (Wildman–Crippen LogP) is 4.10. The Morgan fingerprint density at radius 1 is 1.30 bits per heavy atom. The van der Waals surface area contributed by atoms with Crippen LogP contribution in [0.5, 0.6) is 0 Å². The normalized spacial score (nSPS) is 21.1. The number of H-pyrrole nitrogens is 1. The first-order valence-electron chi connectivity index (χ1n) is 11.8. The zero-order chi connectivity index (χ0) is 22.5. The van der Waals surface area contributed by atoms with Crippen molar-refractivity contribution < 1.29 is 9.90 Å². The highest BCUT2D eigenvalue weighted by Crippen LogP contribution is 2.35. The molecule has 3 atom stereocenters. The molecule has 4 aromatic rings. The van der Waals surface area contributed by atoms with E-state index in [2.05, 4.69) is 45.9 Å². The number of nitrogens with one attached hydrogen (secondary N) is 1. The third-order valence-corrected chi connectivity index (χ3v) is 7.43. The van der Waals surface area contributed by atoms with Gasteiger partial charge >= 0.3 is 0 Å². The van der Waals surface area contributed by atoms with Crippen molar-refractivity contribution in [3.63, 3.8) is 0 Å². The Labute approximate surface area is 192 Å². The van der Waals surface area contributed by atoms with Crippen LogP contribution >= 0.6 is 0 Å². The fraction of sp³-hybridized carbons (Fsp3) is 0.333. The summed E-state index contributed by atoms with van der Waals surface area (Å²) in [5.74, 6) is 0.255. The van der Waals surface area contributed by atoms with Gasteiger partial charge in [-0.3, -0.25) is 9.78 Å². The summed E-state index contributed by atoms with van der Waals surface area (Å²) in [7, 11) is 0. The number of para-hydroxylation sites is 1. The first-order chi connectivity index (χ1) is 16.1. The van der Waals surface area contributed by atoms with Crippen LogP contribution in [0.3, 0.4) is 0 Å². The van der Waals surface area contributed by atoms with E-state index in [4.69, 9.17) is 0 Å². The average molecular weight is 441 g/mol. The molecule has 1 fully saturated rings. The van der Waals surface area contributed by atoms with Gasteiger partial charge in [-0.25, -0.2) is 0 Å². The van der Waals surface area contributed by atoms with Crippen molar-refractivity contribution in [3.8, 4) is 0 Å². The number of benzene rings is 1. The average Bonchev–Trinajstić information content (AvgIpc) is 3.57. The van der Waals surface area contributed by atoms with E-state index in [1.807, 2.05) is 41.6 Å². The smallest absolute Gasteiger partial charge is 0.251 e. The van der Waals surface area contributed by atoms with Gasteiger partial charge < -0.3 is 19.6 Å². The molecule has 2 N–H and O–H groups in total. The number of aromatic nitrogens is 3. The van der Waals surface area contributed by atoms with Crippen molar-refractivity contribution >= 4 is 33.8 Å². The Morgan fingerprint density at radius 2 is 2.18 bits per heavy atom. The van der Waals surface area contributed by atoms with E-state index < -0.39 is 6.10 Å². The number of fused-ring (bicyclic) bond motifs is 4. The van der Waals surface area contributed by atoms with Gasteiger partial charge in [0.15, 0.2) is 0 Å². The quantitative estimate of drug-likeness (QED) is 0.502. The van der Waals surface area contributed by atoms with Crippen molar-refractivity contribution in [3.05, 3.63) is 71.8 Å². The van der Waals surface area contributed by atoms with Gasteiger partial charge in [0, 0.05) is 66.4 Å². The highest BCUT2D eigenvalue weighted by molar-refractivity contribution is 5.90. The third-order valence-electron chi connectivity index (χ3n) is 7.43. The van der Waals surface area contributed by atoms with E-state index in [9.17, 15) is 9.90 Å². The molecule has 6 rings (SSSR count). The standard InChI is InChI=1S/C27H28N4O2/c1-17-9-11-30(27(33)25(32)13-19-15-29-22-7-3-2-5-20(19)22)16-24(17)31-12-10-18-14-28-23-8-4-6-21(23)26(18)31/h2-7,10,12,14-15,17,24-25,29,32H,8-9,11,13,16H2,1H3/t17-,24+,25?/m1/s1. The minimum Gasteiger partial charge on any atom is -0.383 e. The second-order valence-corrected chi connectivity index (χ2v) is 9.45. The number of pyridine rings is 1. The van der Waals surface area contributed by atoms with Crippen LogP contribution < -0.4 is 0 Å². The number of aliphatic hydroxyl groups excluding tert-OH is 1. The lowest BCUT2D eigenvalue weighted by Crippen LogP contribution is -2.48. The van der Waals surface area contributed by atoms with E-state index in [1.54, 1.807) is 0 Å². The highest BCUT2D eigenvalue weighted by atomic mass is 16.3. The van der Waals surface area contributed by atoms with Crippen LogP contribution in [-0.4, -0.2) is 49.6 Å². The van der Waals surface area contributed by atoms with Gasteiger partial charge in [-0.05, 0) is 30.0 Å². The third kappa shape index (κ3) is 3.37. The van der Waals surface area contributed by atoms with Crippen LogP contribution in [0.1, 0.15) is 36.2 Å². The number of aromatic amines is 1. The van der Waals surface area contributed by atoms with Gasteiger partial charge in [0.2, 0.25) is 0 Å². The number of piperidine rings is 1. The molecule has 0 radical (unpaired) electrons. The summed E-state index contributed by atoms with van der Waals surface area (Å²) in [6.45, 7) is 3.55. The second kappa shape index (κ2) is 7.89. The van der Waals surface area contributed by atoms with Crippen LogP contribution in [0.4, 0.5) is 0 Å². The molecule has 1 aliphatic carbocycles. The Bertz CT molecular complexity index is 1380. The van der Waals surface area contributed by atoms with Gasteiger partial charge in [-0.2, -0.15) is 0 Å². The molecular weight excluding hydrogens is 412 g/mol. The van der Waals surface area contributed by atoms with E-state index in [0.29, 0.717) is 25.4 Å². The Hall–Kier alpha value is -3.38. The number of rotatable bonds is 4. The van der Waals surface area contributed by atoms with Gasteiger partial charge in [0.1, 0.15) is 6.10 Å². The Kier molecular flexibility index (Phi) is 4.84. The predicted molar refractivity (Wildman–Crippen MR) is 130 cm³/mol. The summed E-state index contributed by atoms with van der Waals surface area (Å²) in [4.78, 5) is 23.0. The van der Waals surface area contributed by atoms with Gasteiger partial charge in [0.25, 0.3) is 5.91 Å². The number of carbonyl (C=O) groups is 1. The molecule has 1 unspecified atom stereocenters. The molecule has 4 heterocycles. The summed E-state index contributed by atoms with van der Waals surface area (Å²) in [6.07, 6.45) is 11.4. The monoisotopic (exact) mass is 440 g/mol. The maximum atomic E-state index is 13.3. The van der Waals surface area contributed by atoms with Crippen molar-refractivity contribution in [2.45, 2.75) is 38.3 Å². The summed E-state index contributed by atoms with van der Waals surface area (Å²) in [5.41, 5.74) is 5.52. The minimum atomic E-state index is -1.05. The van der Waals surface area contributed by atoms with Crippen LogP contribution in [-0.2, 0) is 17.6 Å². The van der Waals surface area contributed by atoms with E-state index in [-0.39, 0.29) is 11.9 Å². The minimum absolute atomic E-state index is 0.168. The number of aliphatic hydroxyl groups is 1. The molecule has 6 heteroatoms. The highest BCUT2D eigenvalue weighted by Gasteiger charge is 2.33. The van der Waals surface area contributed by atoms with E-state index in [0.717, 1.165) is 40.4 Å². The Morgan fingerprint density at radius 3 is 3.09 bits per heavy atom. The number of nitrogens with zero attached hydrogens (tertiary/aromatic N) is 3. The molecular formula is C27H28N4O2. The van der Waals surface area contributed by atoms with Crippen LogP contribution in [0.2, 0.25) is 0 Å². The molecule has 33 heavy (non-hydrogen) atoms. The van der Waals surface area contributed by atoms with Gasteiger partial charge in [-0.1, -0.05) is 37.3 Å². The van der Waals surface area contributed by atoms with Crippen LogP contribution in [0.15, 0.2) is 55.0 Å². The fourth-order valence-electron chi connectivity index (χ4n) is 5.54. The van der Waals surface area contributed by atoms with Crippen molar-refractivity contribution in [1.82, 2.24) is 19.4 Å². The first kappa shape index (κ1) is 20.2. The maximum Gasteiger partial charge on any atom is 0.251 e. The zero-order valence-corrected chi connectivity index (χ0v) is 18.7. The zero-order valence-electron chi connectivity index (χ0n) is 18.7. The van der Waals surface area contributed by atoms with Crippen molar-refractivity contribution in [2.75, 3.05) is 13.1 Å². The lowest BCUT2D eigenvalue weighted by atomic mass is 9.92. The van der Waals surface area contributed by atoms with Crippen molar-refractivity contribution in [2.24, 2.45) is 5.92 Å². The first-order valence-corrected chi connectivity index (χ1v) is 11.8. The molecule has 0 bridgehead atoms. The molecule has 0 spiro atoms. The number of carbonyl (C=O) groups excluding carboxylic acids is 1. The van der Waals surface area contributed by atoms with Crippen LogP contribution in [0, 0.1) is 5.92 Å². The number of hydrogen-bond acceptors (Lipinski definition) is 3. The molecule has 3 aromatic heterocycles. The topological polar surface area (TPSA) is 74.2 Å². The second-order valence-electron chi connectivity index (χ2n) is 9.45. The lowest BCUT2D eigenvalue weighted by molar-refractivity contribution is -0.142. The lowest BCUT2D eigenvalue weighted by Gasteiger charge is -2.39. The van der Waals surface area contributed by atoms with Crippen molar-refractivity contribution in [1.29, 1.82) is 0 Å². The van der Waals surface area contributed by atoms with Gasteiger partial charge in [-0.15, -0.1) is 0 Å². The Balaban J connectivity index is 1.25. The number of allylic oxidation sites excluding steroid dienone is 1. The SMILES string of the molecule is C[C@@H]1CCN(C(=O)C(O)Cc2c[nH]c3ccccc23)C[C@@H]1n1ccc2cnc3c(c21)C=CC3. The van der Waals surface area contributed by atoms with Gasteiger partial charge in [0.05, 0.1) is 17.3 Å². The summed E-state index contributed by atoms with van der Waals surface area (Å²) in [5, 5.41) is 13.0. The van der Waals surface area contributed by atoms with E-state index >= 15 is 0 Å². The molecule has 2 aliphatic rings. The molecule has 0 saturated carbocycles. The summed E-state index contributed by atoms with van der Waals surface area (Å²) in [6, 6.07) is 10.3. The molecule has 1 aromatic carbocycles. The number of hydrogen-bond donors (Lipinski definition) is 2.